The minimum atomic E-state index is -4.48. The molecule has 0 radical (unpaired) electrons. The van der Waals surface area contributed by atoms with Gasteiger partial charge in [0, 0.05) is 12.7 Å². The van der Waals surface area contributed by atoms with Gasteiger partial charge >= 0.3 is 6.18 Å². The summed E-state index contributed by atoms with van der Waals surface area (Å²) in [5.74, 6) is -0.589. The number of alkyl halides is 3. The number of aryl methyl sites for hydroxylation is 1. The fraction of sp³-hybridized carbons (Fsp3) is 0.200. The van der Waals surface area contributed by atoms with E-state index in [2.05, 4.69) is 20.3 Å². The second-order valence-electron chi connectivity index (χ2n) is 5.27. The van der Waals surface area contributed by atoms with Crippen molar-refractivity contribution in [3.05, 3.63) is 46.5 Å². The minimum Gasteiger partial charge on any atom is -0.325 e. The highest BCUT2D eigenvalue weighted by Gasteiger charge is 2.30. The lowest BCUT2D eigenvalue weighted by Crippen LogP contribution is -2.15. The number of fused-ring (bicyclic) bond motifs is 1. The van der Waals surface area contributed by atoms with Crippen molar-refractivity contribution >= 4 is 34.5 Å². The SMILES string of the molecule is Cn1c(SCC(=O)Nc2cccc(C(F)(F)F)c2)nc2c(=O)[nH]cnc21. The number of thioether (sulfide) groups is 1. The number of nitrogens with one attached hydrogen (secondary N) is 2. The molecule has 11 heteroatoms. The number of carbonyl (C=O) groups excluding carboxylic acids is 1. The Morgan fingerprint density at radius 1 is 1.38 bits per heavy atom. The third-order valence-electron chi connectivity index (χ3n) is 3.43. The Kier molecular flexibility index (Phi) is 4.72. The van der Waals surface area contributed by atoms with Crippen LogP contribution in [0.25, 0.3) is 11.2 Å². The smallest absolute Gasteiger partial charge is 0.325 e. The van der Waals surface area contributed by atoms with E-state index in [1.165, 1.54) is 18.5 Å². The second-order valence-corrected chi connectivity index (χ2v) is 6.22. The molecule has 0 aliphatic carbocycles. The Labute approximate surface area is 148 Å². The Morgan fingerprint density at radius 3 is 2.85 bits per heavy atom. The monoisotopic (exact) mass is 383 g/mol. The molecular formula is C15H12F3N5O2S. The number of aromatic nitrogens is 4. The van der Waals surface area contributed by atoms with E-state index in [4.69, 9.17) is 0 Å². The molecule has 7 nitrogen and oxygen atoms in total. The standard InChI is InChI=1S/C15H12F3N5O2S/c1-23-12-11(13(25)20-7-19-12)22-14(23)26-6-10(24)21-9-4-2-3-8(5-9)15(16,17)18/h2-5,7H,6H2,1H3,(H,21,24)(H,19,20,25). The number of anilines is 1. The first-order chi connectivity index (χ1) is 12.3. The number of hydrogen-bond donors (Lipinski definition) is 2. The van der Waals surface area contributed by atoms with Crippen LogP contribution in [0.1, 0.15) is 5.56 Å². The summed E-state index contributed by atoms with van der Waals surface area (Å²) >= 11 is 1.04. The van der Waals surface area contributed by atoms with Crippen LogP contribution in [0.3, 0.4) is 0 Å². The van der Waals surface area contributed by atoms with Gasteiger partial charge in [0.25, 0.3) is 5.56 Å². The maximum absolute atomic E-state index is 12.7. The highest BCUT2D eigenvalue weighted by atomic mass is 32.2. The van der Waals surface area contributed by atoms with E-state index in [9.17, 15) is 22.8 Å². The number of benzene rings is 1. The first kappa shape index (κ1) is 18.0. The van der Waals surface area contributed by atoms with Crippen molar-refractivity contribution in [2.45, 2.75) is 11.3 Å². The van der Waals surface area contributed by atoms with Crippen molar-refractivity contribution in [3.63, 3.8) is 0 Å². The molecule has 0 saturated carbocycles. The van der Waals surface area contributed by atoms with Crippen molar-refractivity contribution < 1.29 is 18.0 Å². The van der Waals surface area contributed by atoms with E-state index < -0.39 is 23.2 Å². The van der Waals surface area contributed by atoms with Crippen LogP contribution in [0.15, 0.2) is 40.5 Å². The fourth-order valence-electron chi connectivity index (χ4n) is 2.22. The number of carbonyl (C=O) groups is 1. The van der Waals surface area contributed by atoms with E-state index in [-0.39, 0.29) is 17.0 Å². The van der Waals surface area contributed by atoms with Crippen LogP contribution < -0.4 is 10.9 Å². The average Bonchev–Trinajstić information content (AvgIpc) is 2.90. The molecule has 0 atom stereocenters. The fourth-order valence-corrected chi connectivity index (χ4v) is 2.99. The molecule has 3 aromatic rings. The number of hydrogen-bond acceptors (Lipinski definition) is 5. The van der Waals surface area contributed by atoms with Crippen LogP contribution in [0.4, 0.5) is 18.9 Å². The predicted molar refractivity (Wildman–Crippen MR) is 89.9 cm³/mol. The molecule has 0 unspecified atom stereocenters. The van der Waals surface area contributed by atoms with Crippen molar-refractivity contribution in [2.24, 2.45) is 7.05 Å². The molecular weight excluding hydrogens is 371 g/mol. The van der Waals surface area contributed by atoms with Gasteiger partial charge in [0.2, 0.25) is 5.91 Å². The zero-order valence-corrected chi connectivity index (χ0v) is 14.1. The van der Waals surface area contributed by atoms with Gasteiger partial charge in [-0.2, -0.15) is 13.2 Å². The molecule has 0 saturated heterocycles. The van der Waals surface area contributed by atoms with Gasteiger partial charge in [-0.3, -0.25) is 9.59 Å². The van der Waals surface area contributed by atoms with E-state index in [0.29, 0.717) is 10.8 Å². The topological polar surface area (TPSA) is 92.7 Å². The van der Waals surface area contributed by atoms with Gasteiger partial charge in [0.1, 0.15) is 0 Å². The maximum Gasteiger partial charge on any atom is 0.416 e. The number of imidazole rings is 1. The van der Waals surface area contributed by atoms with Crippen LogP contribution in [0.2, 0.25) is 0 Å². The van der Waals surface area contributed by atoms with Crippen molar-refractivity contribution in [1.82, 2.24) is 19.5 Å². The summed E-state index contributed by atoms with van der Waals surface area (Å²) in [6.45, 7) is 0. The first-order valence-corrected chi connectivity index (χ1v) is 8.24. The maximum atomic E-state index is 12.7. The zero-order valence-electron chi connectivity index (χ0n) is 13.3. The van der Waals surface area contributed by atoms with Crippen molar-refractivity contribution in [1.29, 1.82) is 0 Å². The van der Waals surface area contributed by atoms with Crippen LogP contribution >= 0.6 is 11.8 Å². The highest BCUT2D eigenvalue weighted by molar-refractivity contribution is 7.99. The van der Waals surface area contributed by atoms with Gasteiger partial charge in [0.05, 0.1) is 17.6 Å². The minimum absolute atomic E-state index is 0.0496. The normalized spacial score (nSPS) is 11.7. The first-order valence-electron chi connectivity index (χ1n) is 7.26. The largest absolute Gasteiger partial charge is 0.416 e. The Morgan fingerprint density at radius 2 is 2.15 bits per heavy atom. The lowest BCUT2D eigenvalue weighted by molar-refractivity contribution is -0.137. The predicted octanol–water partition coefficient (Wildman–Crippen LogP) is 2.41. The molecule has 136 valence electrons. The van der Waals surface area contributed by atoms with E-state index in [1.807, 2.05) is 0 Å². The summed E-state index contributed by atoms with van der Waals surface area (Å²) in [6, 6.07) is 4.38. The van der Waals surface area contributed by atoms with E-state index >= 15 is 0 Å². The van der Waals surface area contributed by atoms with Crippen LogP contribution in [-0.4, -0.2) is 31.2 Å². The Hall–Kier alpha value is -2.82. The van der Waals surface area contributed by atoms with Gasteiger partial charge in [0.15, 0.2) is 16.3 Å². The molecule has 3 rings (SSSR count). The third kappa shape index (κ3) is 3.72. The number of H-pyrrole nitrogens is 1. The third-order valence-corrected chi connectivity index (χ3v) is 4.46. The molecule has 1 amide bonds. The Balaban J connectivity index is 1.69. The van der Waals surface area contributed by atoms with E-state index in [0.717, 1.165) is 23.9 Å². The molecule has 0 aliphatic rings. The lowest BCUT2D eigenvalue weighted by Gasteiger charge is -2.09. The van der Waals surface area contributed by atoms with Crippen LogP contribution in [-0.2, 0) is 18.0 Å². The summed E-state index contributed by atoms with van der Waals surface area (Å²) in [7, 11) is 1.65. The van der Waals surface area contributed by atoms with Crippen LogP contribution in [0, 0.1) is 0 Å². The Bertz CT molecular complexity index is 1030. The molecule has 0 spiro atoms. The number of rotatable bonds is 4. The summed E-state index contributed by atoms with van der Waals surface area (Å²) in [4.78, 5) is 34.2. The highest BCUT2D eigenvalue weighted by Crippen LogP contribution is 2.30. The number of amides is 1. The van der Waals surface area contributed by atoms with Gasteiger partial charge in [-0.15, -0.1) is 0 Å². The molecule has 0 fully saturated rings. The number of nitrogens with zero attached hydrogens (tertiary/aromatic N) is 3. The quantitative estimate of drug-likeness (QED) is 0.675. The lowest BCUT2D eigenvalue weighted by atomic mass is 10.2. The molecule has 1 aromatic carbocycles. The van der Waals surface area contributed by atoms with Crippen molar-refractivity contribution in [2.75, 3.05) is 11.1 Å². The van der Waals surface area contributed by atoms with Crippen LogP contribution in [0.5, 0.6) is 0 Å². The molecule has 26 heavy (non-hydrogen) atoms. The van der Waals surface area contributed by atoms with Crippen molar-refractivity contribution in [3.8, 4) is 0 Å². The van der Waals surface area contributed by atoms with E-state index in [1.54, 1.807) is 11.6 Å². The molecule has 0 bridgehead atoms. The zero-order chi connectivity index (χ0) is 18.9. The number of halogens is 3. The molecule has 2 N–H and O–H groups in total. The summed E-state index contributed by atoms with van der Waals surface area (Å²) in [5.41, 5.74) is -0.673. The van der Waals surface area contributed by atoms with Gasteiger partial charge < -0.3 is 14.9 Å². The van der Waals surface area contributed by atoms with Gasteiger partial charge in [-0.25, -0.2) is 9.97 Å². The summed E-state index contributed by atoms with van der Waals surface area (Å²) in [6.07, 6.45) is -3.23. The summed E-state index contributed by atoms with van der Waals surface area (Å²) < 4.78 is 39.6. The van der Waals surface area contributed by atoms with Gasteiger partial charge in [-0.1, -0.05) is 17.8 Å². The second kappa shape index (κ2) is 6.83. The average molecular weight is 383 g/mol. The molecule has 0 aliphatic heterocycles. The van der Waals surface area contributed by atoms with Gasteiger partial charge in [-0.05, 0) is 18.2 Å². The molecule has 2 aromatic heterocycles. The molecule has 2 heterocycles. The number of aromatic amines is 1. The summed E-state index contributed by atoms with van der Waals surface area (Å²) in [5, 5.41) is 2.80.